The summed E-state index contributed by atoms with van der Waals surface area (Å²) in [7, 11) is 0. The van der Waals surface area contributed by atoms with Crippen LogP contribution in [0, 0.1) is 5.92 Å². The number of hydrazine groups is 1. The number of nitrogens with one attached hydrogen (secondary N) is 2. The van der Waals surface area contributed by atoms with Crippen molar-refractivity contribution in [2.75, 3.05) is 5.75 Å². The summed E-state index contributed by atoms with van der Waals surface area (Å²) in [6.45, 7) is 2.61. The Morgan fingerprint density at radius 1 is 1.27 bits per heavy atom. The number of tetrazole rings is 1. The third-order valence-electron chi connectivity index (χ3n) is 5.53. The first-order chi connectivity index (χ1) is 14.5. The first kappa shape index (κ1) is 20.3. The van der Waals surface area contributed by atoms with Gasteiger partial charge in [-0.3, -0.25) is 15.0 Å². The molecule has 1 aromatic heterocycles. The van der Waals surface area contributed by atoms with Crippen LogP contribution in [0.5, 0.6) is 0 Å². The van der Waals surface area contributed by atoms with Gasteiger partial charge in [0.2, 0.25) is 11.1 Å². The van der Waals surface area contributed by atoms with Gasteiger partial charge in [-0.25, -0.2) is 9.48 Å². The van der Waals surface area contributed by atoms with E-state index >= 15 is 0 Å². The predicted molar refractivity (Wildman–Crippen MR) is 108 cm³/mol. The summed E-state index contributed by atoms with van der Waals surface area (Å²) in [6.07, 6.45) is 2.92. The molecule has 0 atom stereocenters. The number of benzene rings is 1. The zero-order valence-corrected chi connectivity index (χ0v) is 17.4. The fourth-order valence-electron chi connectivity index (χ4n) is 3.76. The van der Waals surface area contributed by atoms with Gasteiger partial charge in [-0.05, 0) is 47.6 Å². The summed E-state index contributed by atoms with van der Waals surface area (Å²) in [6, 6.07) is 9.12. The van der Waals surface area contributed by atoms with Gasteiger partial charge in [-0.2, -0.15) is 5.01 Å². The number of rotatable bonds is 6. The van der Waals surface area contributed by atoms with E-state index in [1.54, 1.807) is 4.68 Å². The van der Waals surface area contributed by atoms with Crippen molar-refractivity contribution in [1.29, 1.82) is 0 Å². The van der Waals surface area contributed by atoms with Crippen LogP contribution in [0.25, 0.3) is 0 Å². The van der Waals surface area contributed by atoms with Gasteiger partial charge in [0.15, 0.2) is 0 Å². The molecule has 2 heterocycles. The topological polar surface area (TPSA) is 122 Å². The van der Waals surface area contributed by atoms with E-state index in [1.807, 2.05) is 30.3 Å². The lowest BCUT2D eigenvalue weighted by Crippen LogP contribution is -2.51. The second-order valence-electron chi connectivity index (χ2n) is 7.76. The molecule has 2 N–H and O–H groups in total. The maximum absolute atomic E-state index is 12.8. The second-order valence-corrected chi connectivity index (χ2v) is 8.71. The number of amides is 4. The van der Waals surface area contributed by atoms with E-state index < -0.39 is 17.5 Å². The zero-order chi connectivity index (χ0) is 21.1. The average molecular weight is 430 g/mol. The van der Waals surface area contributed by atoms with Crippen molar-refractivity contribution in [2.45, 2.75) is 49.8 Å². The van der Waals surface area contributed by atoms with Gasteiger partial charge >= 0.3 is 6.03 Å². The van der Waals surface area contributed by atoms with Crippen LogP contribution >= 0.6 is 11.8 Å². The smallest absolute Gasteiger partial charge is 0.322 e. The Kier molecular flexibility index (Phi) is 5.71. The van der Waals surface area contributed by atoms with Gasteiger partial charge in [0.05, 0.1) is 12.3 Å². The summed E-state index contributed by atoms with van der Waals surface area (Å²) in [4.78, 5) is 37.5. The Morgan fingerprint density at radius 2 is 2.00 bits per heavy atom. The third-order valence-corrected chi connectivity index (χ3v) is 6.49. The molecule has 1 aliphatic heterocycles. The fraction of sp³-hybridized carbons (Fsp3) is 0.474. The Morgan fingerprint density at radius 3 is 2.73 bits per heavy atom. The Balaban J connectivity index is 1.33. The molecule has 1 aromatic carbocycles. The van der Waals surface area contributed by atoms with E-state index in [0.29, 0.717) is 30.5 Å². The SMILES string of the molecule is CC1CCC2(CC1)NC(=O)N(NC(=O)CSc1nnnn1Cc1ccccc1)C2=O. The number of carbonyl (C=O) groups is 3. The highest BCUT2D eigenvalue weighted by atomic mass is 32.2. The quantitative estimate of drug-likeness (QED) is 0.525. The molecular weight excluding hydrogens is 406 g/mol. The molecule has 0 radical (unpaired) electrons. The lowest BCUT2D eigenvalue weighted by atomic mass is 9.77. The van der Waals surface area contributed by atoms with E-state index in [4.69, 9.17) is 0 Å². The Labute approximate surface area is 177 Å². The van der Waals surface area contributed by atoms with Crippen molar-refractivity contribution in [3.8, 4) is 0 Å². The molecular formula is C19H23N7O3S. The molecule has 1 saturated carbocycles. The number of urea groups is 1. The second kappa shape index (κ2) is 8.42. The van der Waals surface area contributed by atoms with Crippen LogP contribution in [0.3, 0.4) is 0 Å². The lowest BCUT2D eigenvalue weighted by Gasteiger charge is -2.33. The largest absolute Gasteiger partial charge is 0.344 e. The minimum absolute atomic E-state index is 0.0315. The predicted octanol–water partition coefficient (Wildman–Crippen LogP) is 1.35. The number of imide groups is 1. The highest BCUT2D eigenvalue weighted by Crippen LogP contribution is 2.35. The van der Waals surface area contributed by atoms with E-state index in [0.717, 1.165) is 35.2 Å². The molecule has 0 bridgehead atoms. The zero-order valence-electron chi connectivity index (χ0n) is 16.6. The number of hydrogen-bond acceptors (Lipinski definition) is 7. The third kappa shape index (κ3) is 4.16. The number of thioether (sulfide) groups is 1. The Hall–Kier alpha value is -2.95. The average Bonchev–Trinajstić information content (AvgIpc) is 3.27. The molecule has 11 heteroatoms. The fourth-order valence-corrected chi connectivity index (χ4v) is 4.43. The number of aromatic nitrogens is 4. The maximum Gasteiger partial charge on any atom is 0.344 e. The first-order valence-corrected chi connectivity index (χ1v) is 10.8. The van der Waals surface area contributed by atoms with E-state index in [1.165, 1.54) is 0 Å². The van der Waals surface area contributed by atoms with E-state index in [9.17, 15) is 14.4 Å². The summed E-state index contributed by atoms with van der Waals surface area (Å²) >= 11 is 1.14. The van der Waals surface area contributed by atoms with Crippen LogP contribution in [0.1, 0.15) is 38.2 Å². The van der Waals surface area contributed by atoms with Crippen molar-refractivity contribution in [1.82, 2.24) is 36.0 Å². The molecule has 4 rings (SSSR count). The normalized spacial score (nSPS) is 23.6. The minimum atomic E-state index is -0.885. The molecule has 2 fully saturated rings. The van der Waals surface area contributed by atoms with Crippen molar-refractivity contribution in [2.24, 2.45) is 5.92 Å². The highest BCUT2D eigenvalue weighted by molar-refractivity contribution is 7.99. The molecule has 2 aromatic rings. The molecule has 0 unspecified atom stereocenters. The number of hydrogen-bond donors (Lipinski definition) is 2. The van der Waals surface area contributed by atoms with Crippen LogP contribution < -0.4 is 10.7 Å². The molecule has 1 aliphatic carbocycles. The van der Waals surface area contributed by atoms with Gasteiger partial charge in [0, 0.05) is 0 Å². The standard InChI is InChI=1S/C19H23N7O3S/c1-13-7-9-19(10-8-13)16(28)26(17(29)20-19)22-15(27)12-30-18-21-23-24-25(18)11-14-5-3-2-4-6-14/h2-6,13H,7-12H2,1H3,(H,20,29)(H,22,27). The van der Waals surface area contributed by atoms with E-state index in [-0.39, 0.29) is 11.7 Å². The van der Waals surface area contributed by atoms with Gasteiger partial charge in [-0.15, -0.1) is 5.10 Å². The molecule has 158 valence electrons. The van der Waals surface area contributed by atoms with Crippen molar-refractivity contribution in [3.05, 3.63) is 35.9 Å². The highest BCUT2D eigenvalue weighted by Gasteiger charge is 2.52. The van der Waals surface area contributed by atoms with Gasteiger partial charge < -0.3 is 5.32 Å². The van der Waals surface area contributed by atoms with Crippen LogP contribution in [0.2, 0.25) is 0 Å². The van der Waals surface area contributed by atoms with Gasteiger partial charge in [0.25, 0.3) is 5.91 Å². The summed E-state index contributed by atoms with van der Waals surface area (Å²) in [5.41, 5.74) is 2.57. The molecule has 1 spiro atoms. The number of nitrogens with zero attached hydrogens (tertiary/aromatic N) is 5. The molecule has 1 saturated heterocycles. The van der Waals surface area contributed by atoms with Crippen molar-refractivity contribution in [3.63, 3.8) is 0 Å². The van der Waals surface area contributed by atoms with Crippen molar-refractivity contribution < 1.29 is 14.4 Å². The van der Waals surface area contributed by atoms with E-state index in [2.05, 4.69) is 33.2 Å². The Bertz CT molecular complexity index is 941. The molecule has 10 nitrogen and oxygen atoms in total. The minimum Gasteiger partial charge on any atom is -0.322 e. The van der Waals surface area contributed by atoms with Gasteiger partial charge in [-0.1, -0.05) is 49.0 Å². The van der Waals surface area contributed by atoms with Gasteiger partial charge in [0.1, 0.15) is 5.54 Å². The van der Waals surface area contributed by atoms with Crippen LogP contribution in [-0.2, 0) is 16.1 Å². The summed E-state index contributed by atoms with van der Waals surface area (Å²) in [5, 5.41) is 15.6. The van der Waals surface area contributed by atoms with Crippen molar-refractivity contribution >= 4 is 29.6 Å². The lowest BCUT2D eigenvalue weighted by molar-refractivity contribution is -0.139. The monoisotopic (exact) mass is 429 g/mol. The molecule has 4 amide bonds. The molecule has 2 aliphatic rings. The van der Waals surface area contributed by atoms with Crippen LogP contribution in [0.4, 0.5) is 4.79 Å². The van der Waals surface area contributed by atoms with Crippen LogP contribution in [-0.4, -0.2) is 54.4 Å². The number of carbonyl (C=O) groups excluding carboxylic acids is 3. The summed E-state index contributed by atoms with van der Waals surface area (Å²) < 4.78 is 1.60. The first-order valence-electron chi connectivity index (χ1n) is 9.86. The summed E-state index contributed by atoms with van der Waals surface area (Å²) in [5.74, 6) is -0.358. The maximum atomic E-state index is 12.8. The van der Waals surface area contributed by atoms with Crippen LogP contribution in [0.15, 0.2) is 35.5 Å². The molecule has 30 heavy (non-hydrogen) atoms.